The van der Waals surface area contributed by atoms with Crippen molar-refractivity contribution in [3.05, 3.63) is 152 Å². The van der Waals surface area contributed by atoms with E-state index in [2.05, 4.69) is 89.9 Å². The molecule has 0 atom stereocenters. The third kappa shape index (κ3) is 4.45. The van der Waals surface area contributed by atoms with Gasteiger partial charge in [0.05, 0.1) is 39.1 Å². The molecular weight excluding hydrogens is 562 g/mol. The van der Waals surface area contributed by atoms with Gasteiger partial charge < -0.3 is 0 Å². The van der Waals surface area contributed by atoms with Gasteiger partial charge in [0.15, 0.2) is 5.82 Å². The van der Waals surface area contributed by atoms with Gasteiger partial charge in [-0.3, -0.25) is 4.98 Å². The second-order valence-corrected chi connectivity index (χ2v) is 11.3. The van der Waals surface area contributed by atoms with Crippen LogP contribution in [0.4, 0.5) is 0 Å². The highest BCUT2D eigenvalue weighted by Gasteiger charge is 2.16. The summed E-state index contributed by atoms with van der Waals surface area (Å²) < 4.78 is 0. The van der Waals surface area contributed by atoms with E-state index in [0.29, 0.717) is 5.82 Å². The lowest BCUT2D eigenvalue weighted by Crippen LogP contribution is -1.96. The number of para-hydroxylation sites is 1. The lowest BCUT2D eigenvalue weighted by atomic mass is 10.00. The molecule has 5 heteroatoms. The summed E-state index contributed by atoms with van der Waals surface area (Å²) in [5.74, 6) is 0.676. The fourth-order valence-electron chi connectivity index (χ4n) is 6.20. The van der Waals surface area contributed by atoms with Crippen LogP contribution in [0.15, 0.2) is 152 Å². The van der Waals surface area contributed by atoms with E-state index in [1.165, 1.54) is 0 Å². The molecule has 9 rings (SSSR count). The van der Waals surface area contributed by atoms with Crippen molar-refractivity contribution < 1.29 is 0 Å². The van der Waals surface area contributed by atoms with Gasteiger partial charge in [-0.15, -0.1) is 0 Å². The minimum Gasteiger partial charge on any atom is -0.254 e. The first-order valence-corrected chi connectivity index (χ1v) is 15.3. The van der Waals surface area contributed by atoms with Crippen molar-refractivity contribution in [2.45, 2.75) is 0 Å². The predicted octanol–water partition coefficient (Wildman–Crippen LogP) is 9.94. The zero-order valence-corrected chi connectivity index (χ0v) is 24.7. The van der Waals surface area contributed by atoms with Gasteiger partial charge in [0, 0.05) is 50.0 Å². The third-order valence-corrected chi connectivity index (χ3v) is 8.49. The van der Waals surface area contributed by atoms with Crippen LogP contribution >= 0.6 is 0 Å². The Bertz CT molecular complexity index is 2510. The van der Waals surface area contributed by atoms with E-state index in [1.54, 1.807) is 0 Å². The number of hydrogen-bond donors (Lipinski definition) is 0. The average molecular weight is 588 g/mol. The van der Waals surface area contributed by atoms with Gasteiger partial charge in [0.2, 0.25) is 0 Å². The second kappa shape index (κ2) is 10.7. The van der Waals surface area contributed by atoms with E-state index in [4.69, 9.17) is 19.9 Å². The van der Waals surface area contributed by atoms with Crippen LogP contribution in [0.5, 0.6) is 0 Å². The number of aromatic nitrogens is 5. The van der Waals surface area contributed by atoms with Crippen molar-refractivity contribution in [2.75, 3.05) is 0 Å². The number of benzene rings is 5. The Morgan fingerprint density at radius 3 is 1.76 bits per heavy atom. The van der Waals surface area contributed by atoms with Crippen LogP contribution in [0.25, 0.3) is 88.8 Å². The number of rotatable bonds is 4. The van der Waals surface area contributed by atoms with Crippen LogP contribution in [-0.4, -0.2) is 24.9 Å². The molecule has 0 fully saturated rings. The van der Waals surface area contributed by atoms with Gasteiger partial charge in [0.1, 0.15) is 0 Å². The molecule has 0 aliphatic carbocycles. The number of nitrogens with zero attached hydrogens (tertiary/aromatic N) is 5. The summed E-state index contributed by atoms with van der Waals surface area (Å²) in [6.07, 6.45) is 1.83. The highest BCUT2D eigenvalue weighted by molar-refractivity contribution is 6.15. The van der Waals surface area contributed by atoms with Gasteiger partial charge in [-0.2, -0.15) is 0 Å². The Kier molecular flexibility index (Phi) is 6.06. The van der Waals surface area contributed by atoms with Gasteiger partial charge in [-0.1, -0.05) is 121 Å². The molecule has 46 heavy (non-hydrogen) atoms. The van der Waals surface area contributed by atoms with E-state index in [-0.39, 0.29) is 0 Å². The van der Waals surface area contributed by atoms with Crippen molar-refractivity contribution in [3.63, 3.8) is 0 Å². The lowest BCUT2D eigenvalue weighted by Gasteiger charge is -2.12. The lowest BCUT2D eigenvalue weighted by molar-refractivity contribution is 1.18. The molecule has 5 nitrogen and oxygen atoms in total. The summed E-state index contributed by atoms with van der Waals surface area (Å²) in [5.41, 5.74) is 10.3. The van der Waals surface area contributed by atoms with Crippen LogP contribution in [0.1, 0.15) is 0 Å². The molecular formula is C41H25N5. The van der Waals surface area contributed by atoms with E-state index in [9.17, 15) is 0 Å². The molecule has 5 aromatic carbocycles. The molecule has 0 saturated carbocycles. The van der Waals surface area contributed by atoms with Crippen molar-refractivity contribution in [3.8, 4) is 45.2 Å². The van der Waals surface area contributed by atoms with Crippen LogP contribution < -0.4 is 0 Å². The zero-order valence-electron chi connectivity index (χ0n) is 24.7. The molecule has 0 spiro atoms. The van der Waals surface area contributed by atoms with E-state index in [0.717, 1.165) is 82.9 Å². The van der Waals surface area contributed by atoms with Crippen LogP contribution in [0, 0.1) is 0 Å². The molecule has 0 amide bonds. The molecule has 9 aromatic rings. The maximum Gasteiger partial charge on any atom is 0.160 e. The van der Waals surface area contributed by atoms with Crippen LogP contribution in [0.3, 0.4) is 0 Å². The van der Waals surface area contributed by atoms with Crippen LogP contribution in [-0.2, 0) is 0 Å². The van der Waals surface area contributed by atoms with Crippen molar-refractivity contribution >= 4 is 43.6 Å². The average Bonchev–Trinajstić information content (AvgIpc) is 3.14. The first-order chi connectivity index (χ1) is 22.8. The van der Waals surface area contributed by atoms with E-state index in [1.807, 2.05) is 66.9 Å². The van der Waals surface area contributed by atoms with Gasteiger partial charge in [-0.25, -0.2) is 19.9 Å². The highest BCUT2D eigenvalue weighted by atomic mass is 14.9. The molecule has 4 heterocycles. The monoisotopic (exact) mass is 587 g/mol. The van der Waals surface area contributed by atoms with Gasteiger partial charge in [-0.05, 0) is 24.3 Å². The van der Waals surface area contributed by atoms with Gasteiger partial charge in [0.25, 0.3) is 0 Å². The normalized spacial score (nSPS) is 11.5. The Balaban J connectivity index is 1.21. The zero-order chi connectivity index (χ0) is 30.5. The first kappa shape index (κ1) is 26.1. The molecule has 4 aromatic heterocycles. The van der Waals surface area contributed by atoms with Crippen LogP contribution in [0.2, 0.25) is 0 Å². The first-order valence-electron chi connectivity index (χ1n) is 15.3. The Morgan fingerprint density at radius 1 is 0.370 bits per heavy atom. The Labute approximate surface area is 264 Å². The topological polar surface area (TPSA) is 64.5 Å². The fraction of sp³-hybridized carbons (Fsp3) is 0. The number of fused-ring (bicyclic) bond motifs is 6. The maximum absolute atomic E-state index is 5.24. The number of hydrogen-bond acceptors (Lipinski definition) is 5. The molecule has 0 radical (unpaired) electrons. The summed E-state index contributed by atoms with van der Waals surface area (Å²) in [4.78, 5) is 25.1. The van der Waals surface area contributed by atoms with Crippen molar-refractivity contribution in [1.29, 1.82) is 0 Å². The van der Waals surface area contributed by atoms with E-state index < -0.39 is 0 Å². The summed E-state index contributed by atoms with van der Waals surface area (Å²) in [6, 6.07) is 49.6. The smallest absolute Gasteiger partial charge is 0.160 e. The van der Waals surface area contributed by atoms with Crippen molar-refractivity contribution in [2.24, 2.45) is 0 Å². The largest absolute Gasteiger partial charge is 0.254 e. The summed E-state index contributed by atoms with van der Waals surface area (Å²) in [7, 11) is 0. The number of pyridine rings is 3. The summed E-state index contributed by atoms with van der Waals surface area (Å²) in [5, 5.41) is 4.13. The molecule has 0 unspecified atom stereocenters. The fourth-order valence-corrected chi connectivity index (χ4v) is 6.20. The second-order valence-electron chi connectivity index (χ2n) is 11.3. The van der Waals surface area contributed by atoms with Crippen molar-refractivity contribution in [1.82, 2.24) is 24.9 Å². The molecule has 0 saturated heterocycles. The SMILES string of the molecule is c1ccc(-c2cc(-c3ccccc3)nc(-c3ccc(-c4nc5ccccc5c5nc6c(ccc7cccnc76)cc45)cc3)n2)cc1. The van der Waals surface area contributed by atoms with Gasteiger partial charge >= 0.3 is 0 Å². The summed E-state index contributed by atoms with van der Waals surface area (Å²) in [6.45, 7) is 0. The predicted molar refractivity (Wildman–Crippen MR) is 187 cm³/mol. The highest BCUT2D eigenvalue weighted by Crippen LogP contribution is 2.36. The van der Waals surface area contributed by atoms with E-state index >= 15 is 0 Å². The summed E-state index contributed by atoms with van der Waals surface area (Å²) >= 11 is 0. The molecule has 0 N–H and O–H groups in total. The minimum atomic E-state index is 0.676. The quantitative estimate of drug-likeness (QED) is 0.151. The minimum absolute atomic E-state index is 0.676. The molecule has 0 bridgehead atoms. The molecule has 0 aliphatic rings. The Hall–Kier alpha value is -6.33. The molecule has 214 valence electrons. The maximum atomic E-state index is 5.24. The Morgan fingerprint density at radius 2 is 1.02 bits per heavy atom. The third-order valence-electron chi connectivity index (χ3n) is 8.49. The standard InChI is InChI=1S/C41H25N5/c1-3-10-26(11-4-1)35-25-36(27-12-5-2-6-13-27)45-41(44-35)30-20-17-29(18-21-30)37-33-24-31-22-19-28-14-9-23-42-38(28)39(31)46-40(33)32-15-7-8-16-34(32)43-37/h1-25H. The molecule has 0 aliphatic heterocycles.